The summed E-state index contributed by atoms with van der Waals surface area (Å²) in [6.45, 7) is 0. The number of nitro groups is 2. The molecule has 0 saturated heterocycles. The number of methoxy groups -OCH3 is 1. The lowest BCUT2D eigenvalue weighted by atomic mass is 10.2. The van der Waals surface area contributed by atoms with Crippen LogP contribution < -0.4 is 14.9 Å². The van der Waals surface area contributed by atoms with Crippen LogP contribution in [0.4, 0.5) is 22.7 Å². The average molecular weight is 471 g/mol. The molecule has 0 bridgehead atoms. The Labute approximate surface area is 187 Å². The predicted molar refractivity (Wildman–Crippen MR) is 121 cm³/mol. The molecule has 0 atom stereocenters. The van der Waals surface area contributed by atoms with Crippen molar-refractivity contribution in [1.29, 1.82) is 0 Å². The highest BCUT2D eigenvalue weighted by atomic mass is 32.2. The van der Waals surface area contributed by atoms with Crippen LogP contribution in [0.25, 0.3) is 0 Å². The standard InChI is InChI=1S/C20H17N5O7S/c1-32-19-9-5-3-7-16(19)23-33(30,31)20-12-15(24(26)27)10-11-17(20)22-21-13-14-6-2-4-8-18(14)25(28)29/h2-13,22-23H,1H3. The van der Waals surface area contributed by atoms with Crippen LogP contribution in [0.1, 0.15) is 5.56 Å². The summed E-state index contributed by atoms with van der Waals surface area (Å²) in [5.74, 6) is 0.246. The van der Waals surface area contributed by atoms with Gasteiger partial charge < -0.3 is 4.74 Å². The van der Waals surface area contributed by atoms with Crippen LogP contribution in [0.3, 0.4) is 0 Å². The van der Waals surface area contributed by atoms with Crippen LogP contribution >= 0.6 is 0 Å². The first-order valence-corrected chi connectivity index (χ1v) is 10.7. The third-order valence-electron chi connectivity index (χ3n) is 4.34. The molecule has 0 aliphatic carbocycles. The summed E-state index contributed by atoms with van der Waals surface area (Å²) in [6, 6.07) is 15.2. The van der Waals surface area contributed by atoms with E-state index in [4.69, 9.17) is 4.74 Å². The summed E-state index contributed by atoms with van der Waals surface area (Å²) in [5, 5.41) is 26.2. The zero-order valence-corrected chi connectivity index (χ0v) is 17.9. The van der Waals surface area contributed by atoms with Gasteiger partial charge in [0.25, 0.3) is 21.4 Å². The molecular weight excluding hydrogens is 454 g/mol. The van der Waals surface area contributed by atoms with Crippen LogP contribution in [-0.2, 0) is 10.0 Å². The van der Waals surface area contributed by atoms with Gasteiger partial charge in [-0.25, -0.2) is 8.42 Å². The quantitative estimate of drug-likeness (QED) is 0.270. The summed E-state index contributed by atoms with van der Waals surface area (Å²) in [4.78, 5) is 20.6. The number of nitrogens with zero attached hydrogens (tertiary/aromatic N) is 3. The molecule has 3 aromatic rings. The Morgan fingerprint density at radius 3 is 2.33 bits per heavy atom. The molecule has 0 radical (unpaired) electrons. The molecule has 170 valence electrons. The number of nitro benzene ring substituents is 2. The summed E-state index contributed by atoms with van der Waals surface area (Å²) in [5.41, 5.74) is 2.05. The van der Waals surface area contributed by atoms with E-state index in [1.807, 2.05) is 0 Å². The molecule has 0 spiro atoms. The van der Waals surface area contributed by atoms with E-state index >= 15 is 0 Å². The second kappa shape index (κ2) is 9.74. The number of anilines is 2. The maximum absolute atomic E-state index is 13.1. The van der Waals surface area contributed by atoms with Crippen LogP contribution in [0.15, 0.2) is 76.7 Å². The number of nitrogens with one attached hydrogen (secondary N) is 2. The molecular formula is C20H17N5O7S. The largest absolute Gasteiger partial charge is 0.495 e. The van der Waals surface area contributed by atoms with Crippen LogP contribution in [0.2, 0.25) is 0 Å². The first-order chi connectivity index (χ1) is 15.7. The number of rotatable bonds is 9. The summed E-state index contributed by atoms with van der Waals surface area (Å²) in [7, 11) is -2.96. The number of hydrazone groups is 1. The molecule has 0 aliphatic rings. The van der Waals surface area contributed by atoms with Crippen molar-refractivity contribution < 1.29 is 23.0 Å². The minimum Gasteiger partial charge on any atom is -0.495 e. The number of hydrogen-bond donors (Lipinski definition) is 2. The lowest BCUT2D eigenvalue weighted by Gasteiger charge is -2.14. The third kappa shape index (κ3) is 5.40. The van der Waals surface area contributed by atoms with E-state index in [0.29, 0.717) is 0 Å². The summed E-state index contributed by atoms with van der Waals surface area (Å²) >= 11 is 0. The van der Waals surface area contributed by atoms with Crippen molar-refractivity contribution in [3.63, 3.8) is 0 Å². The van der Waals surface area contributed by atoms with Gasteiger partial charge >= 0.3 is 0 Å². The molecule has 12 nitrogen and oxygen atoms in total. The Hall–Kier alpha value is -4.52. The molecule has 2 N–H and O–H groups in total. The van der Waals surface area contributed by atoms with Gasteiger partial charge in [-0.15, -0.1) is 0 Å². The Kier molecular flexibility index (Phi) is 6.83. The van der Waals surface area contributed by atoms with Crippen LogP contribution in [0.5, 0.6) is 5.75 Å². The van der Waals surface area contributed by atoms with Gasteiger partial charge in [0.2, 0.25) is 0 Å². The van der Waals surface area contributed by atoms with E-state index in [2.05, 4.69) is 15.2 Å². The van der Waals surface area contributed by atoms with Gasteiger partial charge in [0.1, 0.15) is 10.6 Å². The fraction of sp³-hybridized carbons (Fsp3) is 0.0500. The van der Waals surface area contributed by atoms with Gasteiger partial charge in [-0.2, -0.15) is 5.10 Å². The smallest absolute Gasteiger partial charge is 0.278 e. The molecule has 0 aliphatic heterocycles. The van der Waals surface area contributed by atoms with Gasteiger partial charge in [0, 0.05) is 18.2 Å². The Morgan fingerprint density at radius 2 is 1.64 bits per heavy atom. The molecule has 13 heteroatoms. The van der Waals surface area contributed by atoms with E-state index in [1.165, 1.54) is 37.4 Å². The average Bonchev–Trinajstić information content (AvgIpc) is 2.79. The number of benzene rings is 3. The van der Waals surface area contributed by atoms with Gasteiger partial charge in [0.15, 0.2) is 0 Å². The van der Waals surface area contributed by atoms with Crippen molar-refractivity contribution >= 4 is 39.0 Å². The normalized spacial score (nSPS) is 11.2. The van der Waals surface area contributed by atoms with Gasteiger partial charge in [-0.05, 0) is 24.3 Å². The summed E-state index contributed by atoms with van der Waals surface area (Å²) < 4.78 is 33.6. The van der Waals surface area contributed by atoms with Gasteiger partial charge in [-0.3, -0.25) is 30.4 Å². The number of hydrogen-bond acceptors (Lipinski definition) is 9. The van der Waals surface area contributed by atoms with Crippen molar-refractivity contribution in [1.82, 2.24) is 0 Å². The molecule has 3 rings (SSSR count). The first-order valence-electron chi connectivity index (χ1n) is 9.19. The Morgan fingerprint density at radius 1 is 0.939 bits per heavy atom. The monoisotopic (exact) mass is 471 g/mol. The fourth-order valence-corrected chi connectivity index (χ4v) is 4.05. The Balaban J connectivity index is 1.98. The zero-order valence-electron chi connectivity index (χ0n) is 17.0. The molecule has 0 saturated carbocycles. The number of para-hydroxylation sites is 3. The van der Waals surface area contributed by atoms with E-state index in [1.54, 1.807) is 24.3 Å². The second-order valence-electron chi connectivity index (χ2n) is 6.43. The lowest BCUT2D eigenvalue weighted by molar-refractivity contribution is -0.385. The minimum absolute atomic E-state index is 0.0853. The fourth-order valence-electron chi connectivity index (χ4n) is 2.80. The highest BCUT2D eigenvalue weighted by Crippen LogP contribution is 2.31. The van der Waals surface area contributed by atoms with Crippen molar-refractivity contribution in [2.45, 2.75) is 4.90 Å². The van der Waals surface area contributed by atoms with Crippen LogP contribution in [-0.4, -0.2) is 31.6 Å². The van der Waals surface area contributed by atoms with Crippen LogP contribution in [0, 0.1) is 20.2 Å². The van der Waals surface area contributed by atoms with Crippen molar-refractivity contribution in [2.75, 3.05) is 17.3 Å². The van der Waals surface area contributed by atoms with Gasteiger partial charge in [-0.1, -0.05) is 24.3 Å². The molecule has 0 amide bonds. The number of non-ortho nitro benzene ring substituents is 1. The van der Waals surface area contributed by atoms with Crippen molar-refractivity contribution in [3.8, 4) is 5.75 Å². The van der Waals surface area contributed by atoms with E-state index in [0.717, 1.165) is 18.3 Å². The maximum Gasteiger partial charge on any atom is 0.278 e. The van der Waals surface area contributed by atoms with E-state index in [9.17, 15) is 28.6 Å². The molecule has 0 aromatic heterocycles. The highest BCUT2D eigenvalue weighted by Gasteiger charge is 2.24. The maximum atomic E-state index is 13.1. The van der Waals surface area contributed by atoms with Crippen molar-refractivity contribution in [3.05, 3.63) is 92.5 Å². The predicted octanol–water partition coefficient (Wildman–Crippen LogP) is 3.76. The molecule has 0 unspecified atom stereocenters. The summed E-state index contributed by atoms with van der Waals surface area (Å²) in [6.07, 6.45) is 1.14. The number of ether oxygens (including phenoxy) is 1. The molecule has 0 fully saturated rings. The third-order valence-corrected chi connectivity index (χ3v) is 5.74. The Bertz CT molecular complexity index is 1340. The lowest BCUT2D eigenvalue weighted by Crippen LogP contribution is -2.15. The van der Waals surface area contributed by atoms with E-state index in [-0.39, 0.29) is 28.4 Å². The SMILES string of the molecule is COc1ccccc1NS(=O)(=O)c1cc([N+](=O)[O-])ccc1NN=Cc1ccccc1[N+](=O)[O-]. The second-order valence-corrected chi connectivity index (χ2v) is 8.08. The molecule has 3 aromatic carbocycles. The zero-order chi connectivity index (χ0) is 24.0. The molecule has 33 heavy (non-hydrogen) atoms. The highest BCUT2D eigenvalue weighted by molar-refractivity contribution is 7.93. The minimum atomic E-state index is -4.33. The molecule has 0 heterocycles. The number of sulfonamides is 1. The van der Waals surface area contributed by atoms with Crippen molar-refractivity contribution in [2.24, 2.45) is 5.10 Å². The first kappa shape index (κ1) is 23.1. The van der Waals surface area contributed by atoms with Gasteiger partial charge in [0.05, 0.1) is 40.1 Å². The van der Waals surface area contributed by atoms with E-state index < -0.39 is 30.5 Å². The topological polar surface area (TPSA) is 166 Å².